The highest BCUT2D eigenvalue weighted by atomic mass is 32.1. The molecule has 3 aromatic heterocycles. The lowest BCUT2D eigenvalue weighted by molar-refractivity contribution is 0.493. The number of aryl methyl sites for hydroxylation is 1. The van der Waals surface area contributed by atoms with Gasteiger partial charge < -0.3 is 0 Å². The maximum Gasteiger partial charge on any atom is 0.196 e. The van der Waals surface area contributed by atoms with Gasteiger partial charge in [0.15, 0.2) is 10.6 Å². The van der Waals surface area contributed by atoms with E-state index in [0.29, 0.717) is 4.77 Å². The predicted octanol–water partition coefficient (Wildman–Crippen LogP) is 3.99. The van der Waals surface area contributed by atoms with Gasteiger partial charge >= 0.3 is 0 Å². The van der Waals surface area contributed by atoms with Gasteiger partial charge in [-0.2, -0.15) is 5.10 Å². The average molecular weight is 314 g/mol. The Labute approximate surface area is 131 Å². The summed E-state index contributed by atoms with van der Waals surface area (Å²) in [7, 11) is 0. The molecule has 1 unspecified atom stereocenters. The number of pyridine rings is 1. The third kappa shape index (κ3) is 2.15. The summed E-state index contributed by atoms with van der Waals surface area (Å²) < 4.78 is 2.83. The van der Waals surface area contributed by atoms with Gasteiger partial charge in [-0.3, -0.25) is 14.6 Å². The van der Waals surface area contributed by atoms with Gasteiger partial charge in [0.2, 0.25) is 0 Å². The maximum atomic E-state index is 5.48. The van der Waals surface area contributed by atoms with Gasteiger partial charge in [0.05, 0.1) is 6.04 Å². The van der Waals surface area contributed by atoms with Crippen molar-refractivity contribution in [3.63, 3.8) is 0 Å². The molecule has 21 heavy (non-hydrogen) atoms. The van der Waals surface area contributed by atoms with Crippen LogP contribution in [0.4, 0.5) is 0 Å². The van der Waals surface area contributed by atoms with Crippen molar-refractivity contribution in [2.75, 3.05) is 0 Å². The lowest BCUT2D eigenvalue weighted by Crippen LogP contribution is -2.16. The van der Waals surface area contributed by atoms with Crippen LogP contribution in [0.15, 0.2) is 36.0 Å². The van der Waals surface area contributed by atoms with Crippen molar-refractivity contribution in [2.45, 2.75) is 25.3 Å². The number of hydrogen-bond acceptors (Lipinski definition) is 4. The van der Waals surface area contributed by atoms with Crippen LogP contribution >= 0.6 is 23.6 Å². The smallest absolute Gasteiger partial charge is 0.196 e. The van der Waals surface area contributed by atoms with Gasteiger partial charge in [0, 0.05) is 22.8 Å². The molecule has 0 radical (unpaired) electrons. The largest absolute Gasteiger partial charge is 0.292 e. The molecule has 4 nitrogen and oxygen atoms in total. The molecule has 1 atom stereocenters. The first-order chi connectivity index (χ1) is 10.3. The fourth-order valence-electron chi connectivity index (χ4n) is 3.02. The second kappa shape index (κ2) is 5.20. The van der Waals surface area contributed by atoms with Crippen LogP contribution in [0.1, 0.15) is 29.3 Å². The Balaban J connectivity index is 1.88. The van der Waals surface area contributed by atoms with Crippen molar-refractivity contribution < 1.29 is 0 Å². The summed E-state index contributed by atoms with van der Waals surface area (Å²) in [5.41, 5.74) is 2.39. The van der Waals surface area contributed by atoms with Crippen LogP contribution in [0.25, 0.3) is 11.4 Å². The first kappa shape index (κ1) is 12.9. The molecule has 4 rings (SSSR count). The normalized spacial score (nSPS) is 17.6. The minimum absolute atomic E-state index is 0.279. The molecule has 3 aromatic rings. The monoisotopic (exact) mass is 314 g/mol. The van der Waals surface area contributed by atoms with Crippen molar-refractivity contribution in [2.24, 2.45) is 0 Å². The highest BCUT2D eigenvalue weighted by Gasteiger charge is 2.26. The van der Waals surface area contributed by atoms with Gasteiger partial charge in [-0.15, -0.1) is 11.3 Å². The van der Waals surface area contributed by atoms with Crippen LogP contribution in [-0.2, 0) is 6.42 Å². The molecule has 0 saturated carbocycles. The van der Waals surface area contributed by atoms with Crippen molar-refractivity contribution in [3.05, 3.63) is 51.2 Å². The molecule has 0 amide bonds. The molecule has 0 spiro atoms. The van der Waals surface area contributed by atoms with E-state index >= 15 is 0 Å². The molecule has 1 N–H and O–H groups in total. The third-order valence-electron chi connectivity index (χ3n) is 3.96. The number of hydrogen-bond donors (Lipinski definition) is 1. The summed E-state index contributed by atoms with van der Waals surface area (Å²) in [6.45, 7) is 0. The van der Waals surface area contributed by atoms with Gasteiger partial charge in [-0.25, -0.2) is 0 Å². The Bertz CT molecular complexity index is 816. The van der Waals surface area contributed by atoms with Crippen LogP contribution in [-0.4, -0.2) is 19.7 Å². The van der Waals surface area contributed by atoms with E-state index in [0.717, 1.165) is 17.8 Å². The Hall–Kier alpha value is -1.79. The average Bonchev–Trinajstić information content (AvgIpc) is 3.14. The number of nitrogens with zero attached hydrogens (tertiary/aromatic N) is 3. The molecular formula is C15H14N4S2. The van der Waals surface area contributed by atoms with E-state index in [-0.39, 0.29) is 6.04 Å². The summed E-state index contributed by atoms with van der Waals surface area (Å²) >= 11 is 7.33. The van der Waals surface area contributed by atoms with Crippen LogP contribution in [0.5, 0.6) is 0 Å². The fraction of sp³-hybridized carbons (Fsp3) is 0.267. The number of H-pyrrole nitrogens is 1. The van der Waals surface area contributed by atoms with Gasteiger partial charge in [-0.1, -0.05) is 0 Å². The number of fused-ring (bicyclic) bond motifs is 1. The fourth-order valence-corrected chi connectivity index (χ4v) is 4.26. The van der Waals surface area contributed by atoms with Crippen molar-refractivity contribution in [1.29, 1.82) is 0 Å². The molecule has 0 saturated heterocycles. The second-order valence-corrected chi connectivity index (χ2v) is 6.56. The highest BCUT2D eigenvalue weighted by molar-refractivity contribution is 7.71. The van der Waals surface area contributed by atoms with E-state index < -0.39 is 0 Å². The number of nitrogens with one attached hydrogen (secondary N) is 1. The summed E-state index contributed by atoms with van der Waals surface area (Å²) in [4.78, 5) is 5.67. The quantitative estimate of drug-likeness (QED) is 0.728. The standard InChI is InChI=1S/C15H14N4S2/c20-15-18-17-14(10-3-2-7-16-9-10)19(15)12-4-1-5-13-11(12)6-8-21-13/h2-3,6-9,12H,1,4-5H2,(H,18,20). The molecule has 1 aliphatic carbocycles. The Morgan fingerprint density at radius 2 is 2.33 bits per heavy atom. The second-order valence-electron chi connectivity index (χ2n) is 5.17. The SMILES string of the molecule is S=c1[nH]nc(-c2cccnc2)n1C1CCCc2sccc21. The molecule has 6 heteroatoms. The molecule has 3 heterocycles. The molecule has 106 valence electrons. The molecular weight excluding hydrogens is 300 g/mol. The van der Waals surface area contributed by atoms with Gasteiger partial charge in [0.25, 0.3) is 0 Å². The van der Waals surface area contributed by atoms with Crippen LogP contribution in [0.3, 0.4) is 0 Å². The van der Waals surface area contributed by atoms with E-state index in [1.54, 1.807) is 6.20 Å². The van der Waals surface area contributed by atoms with E-state index in [1.807, 2.05) is 29.7 Å². The first-order valence-corrected chi connectivity index (χ1v) is 8.27. The molecule has 0 aromatic carbocycles. The van der Waals surface area contributed by atoms with Crippen LogP contribution in [0, 0.1) is 4.77 Å². The molecule has 1 aliphatic rings. The number of aromatic amines is 1. The zero-order valence-corrected chi connectivity index (χ0v) is 13.0. The summed E-state index contributed by atoms with van der Waals surface area (Å²) in [5.74, 6) is 0.872. The minimum atomic E-state index is 0.279. The number of thiophene rings is 1. The van der Waals surface area contributed by atoms with E-state index in [1.165, 1.54) is 23.3 Å². The van der Waals surface area contributed by atoms with Crippen molar-refractivity contribution >= 4 is 23.6 Å². The van der Waals surface area contributed by atoms with Crippen molar-refractivity contribution in [3.8, 4) is 11.4 Å². The number of aromatic nitrogens is 4. The predicted molar refractivity (Wildman–Crippen MR) is 86.0 cm³/mol. The maximum absolute atomic E-state index is 5.48. The van der Waals surface area contributed by atoms with E-state index in [4.69, 9.17) is 12.2 Å². The molecule has 0 fully saturated rings. The zero-order valence-electron chi connectivity index (χ0n) is 11.3. The first-order valence-electron chi connectivity index (χ1n) is 6.98. The summed E-state index contributed by atoms with van der Waals surface area (Å²) in [6, 6.07) is 6.45. The Kier molecular flexibility index (Phi) is 3.20. The van der Waals surface area contributed by atoms with Crippen LogP contribution < -0.4 is 0 Å². The van der Waals surface area contributed by atoms with Gasteiger partial charge in [0.1, 0.15) is 0 Å². The zero-order chi connectivity index (χ0) is 14.2. The van der Waals surface area contributed by atoms with E-state index in [2.05, 4.69) is 31.2 Å². The molecule has 0 bridgehead atoms. The Morgan fingerprint density at radius 1 is 1.38 bits per heavy atom. The van der Waals surface area contributed by atoms with Gasteiger partial charge in [-0.05, 0) is 60.6 Å². The lowest BCUT2D eigenvalue weighted by atomic mass is 9.93. The topological polar surface area (TPSA) is 46.5 Å². The summed E-state index contributed by atoms with van der Waals surface area (Å²) in [6.07, 6.45) is 7.07. The lowest BCUT2D eigenvalue weighted by Gasteiger charge is -2.25. The van der Waals surface area contributed by atoms with E-state index in [9.17, 15) is 0 Å². The third-order valence-corrected chi connectivity index (χ3v) is 5.24. The molecule has 0 aliphatic heterocycles. The Morgan fingerprint density at radius 3 is 3.19 bits per heavy atom. The van der Waals surface area contributed by atoms with Crippen molar-refractivity contribution in [1.82, 2.24) is 19.7 Å². The number of rotatable bonds is 2. The van der Waals surface area contributed by atoms with Crippen LogP contribution in [0.2, 0.25) is 0 Å². The minimum Gasteiger partial charge on any atom is -0.292 e. The highest BCUT2D eigenvalue weighted by Crippen LogP contribution is 2.37. The summed E-state index contributed by atoms with van der Waals surface area (Å²) in [5, 5.41) is 9.55.